The Morgan fingerprint density at radius 2 is 1.80 bits per heavy atom. The molecule has 5 heteroatoms. The van der Waals surface area contributed by atoms with Gasteiger partial charge >= 0.3 is 12.1 Å². The molecule has 2 atom stereocenters. The zero-order valence-electron chi connectivity index (χ0n) is 12.0. The summed E-state index contributed by atoms with van der Waals surface area (Å²) in [5.41, 5.74) is 0.860. The molecule has 2 N–H and O–H groups in total. The normalized spacial score (nSPS) is 13.6. The van der Waals surface area contributed by atoms with Crippen molar-refractivity contribution in [3.05, 3.63) is 35.9 Å². The van der Waals surface area contributed by atoms with Gasteiger partial charge in [-0.3, -0.25) is 0 Å². The van der Waals surface area contributed by atoms with Gasteiger partial charge in [-0.05, 0) is 24.8 Å². The van der Waals surface area contributed by atoms with Crippen LogP contribution in [0.4, 0.5) is 4.79 Å². The molecule has 0 heterocycles. The number of aliphatic carboxylic acids is 1. The van der Waals surface area contributed by atoms with Crippen LogP contribution in [-0.2, 0) is 9.53 Å². The molecule has 1 unspecified atom stereocenters. The number of amides is 1. The summed E-state index contributed by atoms with van der Waals surface area (Å²) < 4.78 is 5.19. The van der Waals surface area contributed by atoms with Crippen molar-refractivity contribution in [3.8, 4) is 0 Å². The molecule has 20 heavy (non-hydrogen) atoms. The van der Waals surface area contributed by atoms with E-state index in [4.69, 9.17) is 9.84 Å². The first-order valence-corrected chi connectivity index (χ1v) is 6.65. The number of rotatable bonds is 6. The van der Waals surface area contributed by atoms with Gasteiger partial charge in [-0.25, -0.2) is 9.59 Å². The fourth-order valence-corrected chi connectivity index (χ4v) is 1.82. The van der Waals surface area contributed by atoms with Gasteiger partial charge in [-0.2, -0.15) is 0 Å². The summed E-state index contributed by atoms with van der Waals surface area (Å²) in [7, 11) is 0. The number of hydrogen-bond acceptors (Lipinski definition) is 3. The molecule has 1 aromatic rings. The Bertz CT molecular complexity index is 444. The topological polar surface area (TPSA) is 75.6 Å². The minimum Gasteiger partial charge on any atom is -0.480 e. The van der Waals surface area contributed by atoms with Crippen LogP contribution in [0.2, 0.25) is 0 Å². The molecule has 0 aliphatic carbocycles. The van der Waals surface area contributed by atoms with Crippen molar-refractivity contribution < 1.29 is 19.4 Å². The van der Waals surface area contributed by atoms with Gasteiger partial charge in [0.2, 0.25) is 0 Å². The van der Waals surface area contributed by atoms with E-state index in [0.29, 0.717) is 6.42 Å². The van der Waals surface area contributed by atoms with Gasteiger partial charge in [0.25, 0.3) is 0 Å². The third-order valence-corrected chi connectivity index (χ3v) is 2.85. The first-order chi connectivity index (χ1) is 9.40. The highest BCUT2D eigenvalue weighted by Gasteiger charge is 2.22. The van der Waals surface area contributed by atoms with Crippen molar-refractivity contribution in [1.29, 1.82) is 0 Å². The van der Waals surface area contributed by atoms with Crippen LogP contribution >= 0.6 is 0 Å². The van der Waals surface area contributed by atoms with Crippen molar-refractivity contribution in [2.24, 2.45) is 5.92 Å². The van der Waals surface area contributed by atoms with Crippen LogP contribution in [0.15, 0.2) is 30.3 Å². The lowest BCUT2D eigenvalue weighted by Crippen LogP contribution is -2.42. The SMILES string of the molecule is CC(C)C[C@H](NC(=O)OC(C)c1ccccc1)C(=O)O. The van der Waals surface area contributed by atoms with Crippen molar-refractivity contribution >= 4 is 12.1 Å². The summed E-state index contributed by atoms with van der Waals surface area (Å²) in [6.45, 7) is 5.54. The van der Waals surface area contributed by atoms with E-state index < -0.39 is 24.2 Å². The Balaban J connectivity index is 2.55. The summed E-state index contributed by atoms with van der Waals surface area (Å²) >= 11 is 0. The Morgan fingerprint density at radius 1 is 1.20 bits per heavy atom. The van der Waals surface area contributed by atoms with Gasteiger partial charge < -0.3 is 15.2 Å². The monoisotopic (exact) mass is 279 g/mol. The number of nitrogens with one attached hydrogen (secondary N) is 1. The van der Waals surface area contributed by atoms with E-state index in [9.17, 15) is 9.59 Å². The van der Waals surface area contributed by atoms with Crippen molar-refractivity contribution in [3.63, 3.8) is 0 Å². The predicted molar refractivity (Wildman–Crippen MR) is 75.4 cm³/mol. The lowest BCUT2D eigenvalue weighted by Gasteiger charge is -2.19. The van der Waals surface area contributed by atoms with Gasteiger partial charge in [0, 0.05) is 0 Å². The molecule has 0 bridgehead atoms. The molecule has 0 aliphatic heterocycles. The molecule has 0 fully saturated rings. The number of carboxylic acids is 1. The van der Waals surface area contributed by atoms with Crippen LogP contribution in [0.3, 0.4) is 0 Å². The van der Waals surface area contributed by atoms with Gasteiger partial charge in [0.15, 0.2) is 0 Å². The fourth-order valence-electron chi connectivity index (χ4n) is 1.82. The first kappa shape index (κ1) is 16.0. The van der Waals surface area contributed by atoms with Gasteiger partial charge in [0.1, 0.15) is 12.1 Å². The molecule has 0 saturated heterocycles. The predicted octanol–water partition coefficient (Wildman–Crippen LogP) is 2.97. The maximum absolute atomic E-state index is 11.7. The van der Waals surface area contributed by atoms with E-state index in [1.165, 1.54) is 0 Å². The second-order valence-electron chi connectivity index (χ2n) is 5.12. The highest BCUT2D eigenvalue weighted by atomic mass is 16.6. The Labute approximate surface area is 118 Å². The standard InChI is InChI=1S/C15H21NO4/c1-10(2)9-13(14(17)18)16-15(19)20-11(3)12-7-5-4-6-8-12/h4-8,10-11,13H,9H2,1-3H3,(H,16,19)(H,17,18)/t11?,13-/m0/s1. The molecule has 5 nitrogen and oxygen atoms in total. The van der Waals surface area contributed by atoms with Crippen LogP contribution in [0.25, 0.3) is 0 Å². The minimum atomic E-state index is -1.05. The van der Waals surface area contributed by atoms with E-state index in [2.05, 4.69) is 5.32 Å². The molecule has 0 aliphatic rings. The second kappa shape index (κ2) is 7.53. The smallest absolute Gasteiger partial charge is 0.408 e. The largest absolute Gasteiger partial charge is 0.480 e. The van der Waals surface area contributed by atoms with Crippen LogP contribution in [0.1, 0.15) is 38.9 Å². The number of alkyl carbamates (subject to hydrolysis) is 1. The lowest BCUT2D eigenvalue weighted by atomic mass is 10.0. The minimum absolute atomic E-state index is 0.169. The highest BCUT2D eigenvalue weighted by molar-refractivity contribution is 5.79. The van der Waals surface area contributed by atoms with Gasteiger partial charge in [-0.1, -0.05) is 44.2 Å². The first-order valence-electron chi connectivity index (χ1n) is 6.65. The van der Waals surface area contributed by atoms with E-state index in [1.807, 2.05) is 44.2 Å². The number of carbonyl (C=O) groups is 2. The Morgan fingerprint density at radius 3 is 2.30 bits per heavy atom. The highest BCUT2D eigenvalue weighted by Crippen LogP contribution is 2.16. The van der Waals surface area contributed by atoms with E-state index in [1.54, 1.807) is 6.92 Å². The summed E-state index contributed by atoms with van der Waals surface area (Å²) in [6.07, 6.45) is -0.774. The van der Waals surface area contributed by atoms with E-state index in [-0.39, 0.29) is 5.92 Å². The average molecular weight is 279 g/mol. The molecule has 0 aromatic heterocycles. The van der Waals surface area contributed by atoms with Gasteiger partial charge in [0.05, 0.1) is 0 Å². The molecule has 1 rings (SSSR count). The second-order valence-corrected chi connectivity index (χ2v) is 5.12. The summed E-state index contributed by atoms with van der Waals surface area (Å²) in [5, 5.41) is 11.4. The van der Waals surface area contributed by atoms with Crippen molar-refractivity contribution in [1.82, 2.24) is 5.32 Å². The average Bonchev–Trinajstić information content (AvgIpc) is 2.38. The van der Waals surface area contributed by atoms with Crippen LogP contribution in [0, 0.1) is 5.92 Å². The number of benzene rings is 1. The third kappa shape index (κ3) is 5.30. The summed E-state index contributed by atoms with van der Waals surface area (Å²) in [5.74, 6) is -0.883. The number of carboxylic acid groups (broad SMARTS) is 1. The molecular formula is C15H21NO4. The van der Waals surface area contributed by atoms with Crippen molar-refractivity contribution in [2.75, 3.05) is 0 Å². The van der Waals surface area contributed by atoms with Crippen LogP contribution in [-0.4, -0.2) is 23.2 Å². The van der Waals surface area contributed by atoms with E-state index in [0.717, 1.165) is 5.56 Å². The van der Waals surface area contributed by atoms with Gasteiger partial charge in [-0.15, -0.1) is 0 Å². The van der Waals surface area contributed by atoms with Crippen LogP contribution in [0.5, 0.6) is 0 Å². The molecule has 1 amide bonds. The Kier molecular flexibility index (Phi) is 6.03. The third-order valence-electron chi connectivity index (χ3n) is 2.85. The maximum Gasteiger partial charge on any atom is 0.408 e. The molecular weight excluding hydrogens is 258 g/mol. The lowest BCUT2D eigenvalue weighted by molar-refractivity contribution is -0.139. The van der Waals surface area contributed by atoms with E-state index >= 15 is 0 Å². The number of carbonyl (C=O) groups excluding carboxylic acids is 1. The fraction of sp³-hybridized carbons (Fsp3) is 0.467. The number of hydrogen-bond donors (Lipinski definition) is 2. The molecule has 1 aromatic carbocycles. The summed E-state index contributed by atoms with van der Waals surface area (Å²) in [4.78, 5) is 22.8. The quantitative estimate of drug-likeness (QED) is 0.839. The molecule has 110 valence electrons. The molecule has 0 spiro atoms. The number of ether oxygens (including phenoxy) is 1. The van der Waals surface area contributed by atoms with Crippen LogP contribution < -0.4 is 5.32 Å². The zero-order chi connectivity index (χ0) is 15.1. The molecule has 0 radical (unpaired) electrons. The summed E-state index contributed by atoms with van der Waals surface area (Å²) in [6, 6.07) is 8.35. The van der Waals surface area contributed by atoms with Crippen molar-refractivity contribution in [2.45, 2.75) is 39.3 Å². The maximum atomic E-state index is 11.7. The Hall–Kier alpha value is -2.04. The molecule has 0 saturated carbocycles. The zero-order valence-corrected chi connectivity index (χ0v) is 12.0.